The molecule has 0 aliphatic heterocycles. The number of amides is 1. The van der Waals surface area contributed by atoms with Gasteiger partial charge in [0.15, 0.2) is 0 Å². The molecule has 0 aromatic carbocycles. The third kappa shape index (κ3) is 5.85. The van der Waals surface area contributed by atoms with Crippen LogP contribution in [0.2, 0.25) is 0 Å². The van der Waals surface area contributed by atoms with Gasteiger partial charge in [-0.3, -0.25) is 9.63 Å². The van der Waals surface area contributed by atoms with Gasteiger partial charge in [0, 0.05) is 19.5 Å². The first kappa shape index (κ1) is 13.6. The van der Waals surface area contributed by atoms with Crippen LogP contribution < -0.4 is 0 Å². The number of nitrogens with zero attached hydrogens (tertiary/aromatic N) is 1. The van der Waals surface area contributed by atoms with E-state index >= 15 is 0 Å². The minimum Gasteiger partial charge on any atom is -0.457 e. The van der Waals surface area contributed by atoms with Crippen LogP contribution in [0.25, 0.3) is 0 Å². The Balaban J connectivity index is 3.87. The molecule has 0 N–H and O–H groups in total. The van der Waals surface area contributed by atoms with Crippen molar-refractivity contribution in [1.29, 1.82) is 0 Å². The fraction of sp³-hybridized carbons (Fsp3) is 0.600. The van der Waals surface area contributed by atoms with Gasteiger partial charge in [0.25, 0.3) is 0 Å². The average Bonchev–Trinajstić information content (AvgIpc) is 2.17. The van der Waals surface area contributed by atoms with Crippen LogP contribution >= 0.6 is 0 Å². The second-order valence-corrected chi connectivity index (χ2v) is 2.96. The minimum atomic E-state index is -0.503. The predicted molar refractivity (Wildman–Crippen MR) is 54.8 cm³/mol. The van der Waals surface area contributed by atoms with Crippen molar-refractivity contribution in [2.45, 2.75) is 26.9 Å². The lowest BCUT2D eigenvalue weighted by atomic mass is 10.4. The monoisotopic (exact) mass is 215 g/mol. The zero-order valence-corrected chi connectivity index (χ0v) is 9.36. The standard InChI is InChI=1S/C10H17NO4/c1-5-10(13)15-8(3)7-14-11(6-2)9(4)12/h5,8H,1,6-7H2,2-4H3. The summed E-state index contributed by atoms with van der Waals surface area (Å²) in [6.07, 6.45) is 0.669. The summed E-state index contributed by atoms with van der Waals surface area (Å²) in [6.45, 7) is 8.75. The van der Waals surface area contributed by atoms with Gasteiger partial charge in [-0.15, -0.1) is 0 Å². The highest BCUT2D eigenvalue weighted by Gasteiger charge is 2.11. The first-order valence-corrected chi connectivity index (χ1v) is 4.75. The van der Waals surface area contributed by atoms with Crippen molar-refractivity contribution in [3.8, 4) is 0 Å². The summed E-state index contributed by atoms with van der Waals surface area (Å²) in [5.74, 6) is -0.684. The molecule has 5 nitrogen and oxygen atoms in total. The molecular weight excluding hydrogens is 198 g/mol. The maximum absolute atomic E-state index is 10.9. The molecule has 1 unspecified atom stereocenters. The zero-order valence-electron chi connectivity index (χ0n) is 9.36. The molecule has 0 saturated heterocycles. The molecule has 5 heteroatoms. The maximum atomic E-state index is 10.9. The highest BCUT2D eigenvalue weighted by molar-refractivity contribution is 5.81. The van der Waals surface area contributed by atoms with Crippen molar-refractivity contribution in [2.75, 3.05) is 13.2 Å². The van der Waals surface area contributed by atoms with Crippen LogP contribution in [0.5, 0.6) is 0 Å². The van der Waals surface area contributed by atoms with Gasteiger partial charge in [-0.1, -0.05) is 6.58 Å². The number of hydrogen-bond acceptors (Lipinski definition) is 4. The van der Waals surface area contributed by atoms with Gasteiger partial charge >= 0.3 is 5.97 Å². The summed E-state index contributed by atoms with van der Waals surface area (Å²) in [6, 6.07) is 0. The number of hydrogen-bond donors (Lipinski definition) is 0. The molecule has 0 aromatic heterocycles. The number of hydroxylamine groups is 2. The van der Waals surface area contributed by atoms with Crippen LogP contribution in [0.15, 0.2) is 12.7 Å². The summed E-state index contributed by atoms with van der Waals surface area (Å²) >= 11 is 0. The van der Waals surface area contributed by atoms with Crippen LogP contribution in [-0.4, -0.2) is 36.2 Å². The Hall–Kier alpha value is -1.36. The molecule has 15 heavy (non-hydrogen) atoms. The number of carbonyl (C=O) groups excluding carboxylic acids is 2. The van der Waals surface area contributed by atoms with Crippen LogP contribution in [0.1, 0.15) is 20.8 Å². The second kappa shape index (κ2) is 7.00. The summed E-state index contributed by atoms with van der Waals surface area (Å²) in [5, 5.41) is 1.21. The molecule has 0 bridgehead atoms. The summed E-state index contributed by atoms with van der Waals surface area (Å²) < 4.78 is 4.85. The van der Waals surface area contributed by atoms with Crippen LogP contribution in [0, 0.1) is 0 Å². The highest BCUT2D eigenvalue weighted by Crippen LogP contribution is 1.97. The van der Waals surface area contributed by atoms with E-state index in [2.05, 4.69) is 6.58 Å². The predicted octanol–water partition coefficient (Wildman–Crippen LogP) is 0.904. The van der Waals surface area contributed by atoms with Crippen molar-refractivity contribution < 1.29 is 19.2 Å². The van der Waals surface area contributed by atoms with Gasteiger partial charge in [-0.05, 0) is 13.8 Å². The van der Waals surface area contributed by atoms with Crippen molar-refractivity contribution in [3.05, 3.63) is 12.7 Å². The van der Waals surface area contributed by atoms with Gasteiger partial charge in [0.2, 0.25) is 5.91 Å². The quantitative estimate of drug-likeness (QED) is 0.375. The van der Waals surface area contributed by atoms with Gasteiger partial charge < -0.3 is 4.74 Å². The zero-order chi connectivity index (χ0) is 11.8. The minimum absolute atomic E-state index is 0.146. The average molecular weight is 215 g/mol. The van der Waals surface area contributed by atoms with E-state index < -0.39 is 12.1 Å². The van der Waals surface area contributed by atoms with Crippen molar-refractivity contribution >= 4 is 11.9 Å². The molecule has 0 fully saturated rings. The van der Waals surface area contributed by atoms with E-state index in [0.29, 0.717) is 6.54 Å². The third-order valence-electron chi connectivity index (χ3n) is 1.59. The molecule has 0 radical (unpaired) electrons. The molecule has 0 aliphatic rings. The van der Waals surface area contributed by atoms with Crippen LogP contribution in [0.3, 0.4) is 0 Å². The fourth-order valence-electron chi connectivity index (χ4n) is 0.880. The smallest absolute Gasteiger partial charge is 0.330 e. The maximum Gasteiger partial charge on any atom is 0.330 e. The summed E-state index contributed by atoms with van der Waals surface area (Å²) in [5.41, 5.74) is 0. The Bertz CT molecular complexity index is 240. The SMILES string of the molecule is C=CC(=O)OC(C)CON(CC)C(C)=O. The molecule has 0 heterocycles. The lowest BCUT2D eigenvalue weighted by molar-refractivity contribution is -0.194. The van der Waals surface area contributed by atoms with E-state index in [9.17, 15) is 9.59 Å². The number of esters is 1. The van der Waals surface area contributed by atoms with Gasteiger partial charge in [-0.2, -0.15) is 0 Å². The molecule has 1 amide bonds. The number of ether oxygens (including phenoxy) is 1. The van der Waals surface area contributed by atoms with Gasteiger partial charge in [0.05, 0.1) is 0 Å². The number of carbonyl (C=O) groups is 2. The van der Waals surface area contributed by atoms with E-state index in [-0.39, 0.29) is 12.5 Å². The molecule has 0 saturated carbocycles. The van der Waals surface area contributed by atoms with Crippen molar-refractivity contribution in [2.24, 2.45) is 0 Å². The van der Waals surface area contributed by atoms with E-state index in [4.69, 9.17) is 9.57 Å². The lowest BCUT2D eigenvalue weighted by Crippen LogP contribution is -2.32. The summed E-state index contributed by atoms with van der Waals surface area (Å²) in [7, 11) is 0. The van der Waals surface area contributed by atoms with Gasteiger partial charge in [0.1, 0.15) is 12.7 Å². The van der Waals surface area contributed by atoms with Crippen molar-refractivity contribution in [1.82, 2.24) is 5.06 Å². The Morgan fingerprint density at radius 1 is 1.53 bits per heavy atom. The lowest BCUT2D eigenvalue weighted by Gasteiger charge is -2.20. The molecule has 0 aromatic rings. The van der Waals surface area contributed by atoms with E-state index in [1.54, 1.807) is 13.8 Å². The largest absolute Gasteiger partial charge is 0.457 e. The Morgan fingerprint density at radius 3 is 2.53 bits per heavy atom. The molecule has 0 spiro atoms. The summed E-state index contributed by atoms with van der Waals surface area (Å²) in [4.78, 5) is 26.9. The first-order valence-electron chi connectivity index (χ1n) is 4.75. The van der Waals surface area contributed by atoms with Crippen molar-refractivity contribution in [3.63, 3.8) is 0 Å². The van der Waals surface area contributed by atoms with E-state index in [1.165, 1.54) is 12.0 Å². The highest BCUT2D eigenvalue weighted by atomic mass is 16.7. The Kier molecular flexibility index (Phi) is 6.37. The third-order valence-corrected chi connectivity index (χ3v) is 1.59. The Labute approximate surface area is 89.6 Å². The molecular formula is C10H17NO4. The molecule has 0 rings (SSSR count). The fourth-order valence-corrected chi connectivity index (χ4v) is 0.880. The van der Waals surface area contributed by atoms with Crippen LogP contribution in [0.4, 0.5) is 0 Å². The second-order valence-electron chi connectivity index (χ2n) is 2.96. The molecule has 0 aliphatic carbocycles. The molecule has 1 atom stereocenters. The topological polar surface area (TPSA) is 55.8 Å². The first-order chi connectivity index (χ1) is 7.01. The van der Waals surface area contributed by atoms with E-state index in [1.807, 2.05) is 0 Å². The normalized spacial score (nSPS) is 11.7. The molecule has 86 valence electrons. The Morgan fingerprint density at radius 2 is 2.13 bits per heavy atom. The van der Waals surface area contributed by atoms with E-state index in [0.717, 1.165) is 6.08 Å². The van der Waals surface area contributed by atoms with Crippen LogP contribution in [-0.2, 0) is 19.2 Å². The van der Waals surface area contributed by atoms with Gasteiger partial charge in [-0.25, -0.2) is 9.86 Å². The number of rotatable bonds is 6.